The van der Waals surface area contributed by atoms with Crippen molar-refractivity contribution < 1.29 is 13.2 Å². The zero-order valence-corrected chi connectivity index (χ0v) is 17.1. The van der Waals surface area contributed by atoms with Gasteiger partial charge in [0.15, 0.2) is 0 Å². The molecule has 0 saturated heterocycles. The number of halogens is 2. The molecule has 1 amide bonds. The molecule has 0 unspecified atom stereocenters. The van der Waals surface area contributed by atoms with E-state index in [4.69, 9.17) is 28.9 Å². The van der Waals surface area contributed by atoms with E-state index in [2.05, 4.69) is 10.0 Å². The van der Waals surface area contributed by atoms with Gasteiger partial charge in [-0.1, -0.05) is 42.6 Å². The minimum Gasteiger partial charge on any atom is -0.397 e. The summed E-state index contributed by atoms with van der Waals surface area (Å²) in [6, 6.07) is 9.65. The van der Waals surface area contributed by atoms with Crippen molar-refractivity contribution >= 4 is 50.5 Å². The van der Waals surface area contributed by atoms with Gasteiger partial charge in [-0.3, -0.25) is 4.79 Å². The Morgan fingerprint density at radius 3 is 2.56 bits per heavy atom. The van der Waals surface area contributed by atoms with E-state index in [1.54, 1.807) is 24.3 Å². The largest absolute Gasteiger partial charge is 0.397 e. The number of carbonyl (C=O) groups is 1. The highest BCUT2D eigenvalue weighted by atomic mass is 35.5. The Bertz CT molecular complexity index is 933. The van der Waals surface area contributed by atoms with E-state index in [1.165, 1.54) is 12.1 Å². The third kappa shape index (κ3) is 6.30. The van der Waals surface area contributed by atoms with Gasteiger partial charge in [0, 0.05) is 22.2 Å². The molecular weight excluding hydrogens is 409 g/mol. The maximum atomic E-state index is 12.3. The van der Waals surface area contributed by atoms with Crippen molar-refractivity contribution in [2.45, 2.75) is 26.3 Å². The summed E-state index contributed by atoms with van der Waals surface area (Å²) in [7, 11) is -3.66. The molecule has 0 aliphatic carbocycles. The fourth-order valence-corrected chi connectivity index (χ4v) is 3.94. The third-order valence-electron chi connectivity index (χ3n) is 3.81. The van der Waals surface area contributed by atoms with E-state index in [0.29, 0.717) is 34.4 Å². The van der Waals surface area contributed by atoms with Crippen LogP contribution in [0.2, 0.25) is 10.0 Å². The predicted octanol–water partition coefficient (Wildman–Crippen LogP) is 4.05. The summed E-state index contributed by atoms with van der Waals surface area (Å²) in [6.45, 7) is 2.24. The summed E-state index contributed by atoms with van der Waals surface area (Å²) in [6.07, 6.45) is 1.21. The molecule has 0 atom stereocenters. The molecular formula is C18H21Cl2N3O3S. The second kappa shape index (κ2) is 9.30. The second-order valence-electron chi connectivity index (χ2n) is 5.99. The number of nitrogen functional groups attached to an aromatic ring is 1. The summed E-state index contributed by atoms with van der Waals surface area (Å²) in [5.41, 5.74) is 7.86. The molecule has 0 saturated carbocycles. The molecule has 0 radical (unpaired) electrons. The average Bonchev–Trinajstić information content (AvgIpc) is 2.60. The van der Waals surface area contributed by atoms with Crippen LogP contribution in [-0.4, -0.2) is 20.1 Å². The van der Waals surface area contributed by atoms with Crippen LogP contribution in [0.1, 0.15) is 35.7 Å². The number of rotatable bonds is 8. The Morgan fingerprint density at radius 1 is 1.15 bits per heavy atom. The third-order valence-corrected chi connectivity index (χ3v) is 5.72. The van der Waals surface area contributed by atoms with Gasteiger partial charge in [-0.15, -0.1) is 0 Å². The molecule has 4 N–H and O–H groups in total. The zero-order valence-electron chi connectivity index (χ0n) is 14.8. The monoisotopic (exact) mass is 429 g/mol. The number of sulfonamides is 1. The van der Waals surface area contributed by atoms with Crippen LogP contribution in [0.4, 0.5) is 11.4 Å². The number of amides is 1. The summed E-state index contributed by atoms with van der Waals surface area (Å²) < 4.78 is 25.9. The normalized spacial score (nSPS) is 11.2. The number of hydrogen-bond acceptors (Lipinski definition) is 5. The van der Waals surface area contributed by atoms with Crippen LogP contribution < -0.4 is 15.8 Å². The molecule has 146 valence electrons. The van der Waals surface area contributed by atoms with Crippen LogP contribution in [0.3, 0.4) is 0 Å². The van der Waals surface area contributed by atoms with Gasteiger partial charge in [-0.25, -0.2) is 13.1 Å². The molecule has 6 nitrogen and oxygen atoms in total. The molecule has 0 aliphatic rings. The molecule has 0 spiro atoms. The van der Waals surface area contributed by atoms with Crippen molar-refractivity contribution in [2.24, 2.45) is 0 Å². The van der Waals surface area contributed by atoms with Crippen molar-refractivity contribution in [2.75, 3.05) is 16.8 Å². The molecule has 0 aromatic heterocycles. The van der Waals surface area contributed by atoms with Crippen LogP contribution >= 0.6 is 23.2 Å². The molecule has 9 heteroatoms. The Labute approximate surface area is 169 Å². The number of unbranched alkanes of at least 4 members (excludes halogenated alkanes) is 1. The lowest BCUT2D eigenvalue weighted by Gasteiger charge is -2.13. The average molecular weight is 430 g/mol. The van der Waals surface area contributed by atoms with E-state index in [1.807, 2.05) is 6.92 Å². The molecule has 2 aromatic carbocycles. The Hall–Kier alpha value is -1.96. The van der Waals surface area contributed by atoms with Crippen molar-refractivity contribution in [1.29, 1.82) is 0 Å². The highest BCUT2D eigenvalue weighted by molar-refractivity contribution is 7.90. The topological polar surface area (TPSA) is 101 Å². The maximum Gasteiger partial charge on any atom is 0.264 e. The number of nitrogens with two attached hydrogens (primary N) is 1. The van der Waals surface area contributed by atoms with E-state index in [-0.39, 0.29) is 11.3 Å². The quantitative estimate of drug-likeness (QED) is 0.549. The lowest BCUT2D eigenvalue weighted by molar-refractivity contribution is 0.0981. The number of anilines is 2. The van der Waals surface area contributed by atoms with Crippen molar-refractivity contribution in [3.63, 3.8) is 0 Å². The standard InChI is InChI=1S/C18H21Cl2N3O3S/c1-2-3-8-27(25,26)23-18(24)12-5-7-16(21)17(9-12)22-11-13-4-6-14(19)10-15(13)20/h4-7,9-10,22H,2-3,8,11,21H2,1H3,(H,23,24). The maximum absolute atomic E-state index is 12.3. The van der Waals surface area contributed by atoms with Crippen molar-refractivity contribution in [3.05, 3.63) is 57.6 Å². The fraction of sp³-hybridized carbons (Fsp3) is 0.278. The van der Waals surface area contributed by atoms with Gasteiger partial charge < -0.3 is 11.1 Å². The Kier molecular flexibility index (Phi) is 7.35. The summed E-state index contributed by atoms with van der Waals surface area (Å²) in [5, 5.41) is 4.14. The fourth-order valence-electron chi connectivity index (χ4n) is 2.29. The van der Waals surface area contributed by atoms with Crippen LogP contribution in [0, 0.1) is 0 Å². The Balaban J connectivity index is 2.12. The first-order chi connectivity index (χ1) is 12.7. The lowest BCUT2D eigenvalue weighted by Crippen LogP contribution is -2.32. The minimum absolute atomic E-state index is 0.0929. The van der Waals surface area contributed by atoms with E-state index in [9.17, 15) is 13.2 Å². The summed E-state index contributed by atoms with van der Waals surface area (Å²) in [5.74, 6) is -0.789. The highest BCUT2D eigenvalue weighted by Crippen LogP contribution is 2.24. The highest BCUT2D eigenvalue weighted by Gasteiger charge is 2.16. The minimum atomic E-state index is -3.66. The predicted molar refractivity (Wildman–Crippen MR) is 111 cm³/mol. The molecule has 27 heavy (non-hydrogen) atoms. The van der Waals surface area contributed by atoms with Gasteiger partial charge >= 0.3 is 0 Å². The molecule has 2 rings (SSSR count). The number of hydrogen-bond donors (Lipinski definition) is 3. The number of carbonyl (C=O) groups excluding carboxylic acids is 1. The zero-order chi connectivity index (χ0) is 20.0. The first-order valence-electron chi connectivity index (χ1n) is 8.34. The van der Waals surface area contributed by atoms with Crippen LogP contribution in [-0.2, 0) is 16.6 Å². The number of nitrogens with one attached hydrogen (secondary N) is 2. The van der Waals surface area contributed by atoms with Crippen LogP contribution in [0.25, 0.3) is 0 Å². The molecule has 0 heterocycles. The van der Waals surface area contributed by atoms with Crippen molar-refractivity contribution in [3.8, 4) is 0 Å². The van der Waals surface area contributed by atoms with E-state index >= 15 is 0 Å². The number of benzene rings is 2. The van der Waals surface area contributed by atoms with Gasteiger partial charge in [0.2, 0.25) is 10.0 Å². The van der Waals surface area contributed by atoms with Crippen LogP contribution in [0.5, 0.6) is 0 Å². The summed E-state index contributed by atoms with van der Waals surface area (Å²) >= 11 is 12.0. The van der Waals surface area contributed by atoms with Gasteiger partial charge in [-0.05, 0) is 42.3 Å². The first-order valence-corrected chi connectivity index (χ1v) is 10.7. The molecule has 2 aromatic rings. The SMILES string of the molecule is CCCCS(=O)(=O)NC(=O)c1ccc(N)c(NCc2ccc(Cl)cc2Cl)c1. The Morgan fingerprint density at radius 2 is 1.89 bits per heavy atom. The second-order valence-corrected chi connectivity index (χ2v) is 8.68. The molecule has 0 aliphatic heterocycles. The van der Waals surface area contributed by atoms with Crippen molar-refractivity contribution in [1.82, 2.24) is 4.72 Å². The van der Waals surface area contributed by atoms with Crippen LogP contribution in [0.15, 0.2) is 36.4 Å². The van der Waals surface area contributed by atoms with Gasteiger partial charge in [-0.2, -0.15) is 0 Å². The van der Waals surface area contributed by atoms with E-state index < -0.39 is 15.9 Å². The smallest absolute Gasteiger partial charge is 0.264 e. The molecule has 0 bridgehead atoms. The molecule has 0 fully saturated rings. The lowest BCUT2D eigenvalue weighted by atomic mass is 10.1. The van der Waals surface area contributed by atoms with Gasteiger partial charge in [0.1, 0.15) is 0 Å². The van der Waals surface area contributed by atoms with Gasteiger partial charge in [0.25, 0.3) is 5.91 Å². The summed E-state index contributed by atoms with van der Waals surface area (Å²) in [4.78, 5) is 12.3. The van der Waals surface area contributed by atoms with E-state index in [0.717, 1.165) is 12.0 Å². The van der Waals surface area contributed by atoms with Gasteiger partial charge in [0.05, 0.1) is 17.1 Å². The first kappa shape index (κ1) is 21.3.